The van der Waals surface area contributed by atoms with E-state index in [4.69, 9.17) is 0 Å². The molecule has 0 spiro atoms. The molecule has 5 heteroatoms. The summed E-state index contributed by atoms with van der Waals surface area (Å²) in [5.41, 5.74) is 1.38. The summed E-state index contributed by atoms with van der Waals surface area (Å²) in [5, 5.41) is 5.74. The Morgan fingerprint density at radius 1 is 1.23 bits per heavy atom. The molecule has 0 aromatic heterocycles. The van der Waals surface area contributed by atoms with E-state index in [2.05, 4.69) is 17.6 Å². The summed E-state index contributed by atoms with van der Waals surface area (Å²) in [6.45, 7) is 7.96. The van der Waals surface area contributed by atoms with Crippen LogP contribution in [0.25, 0.3) is 0 Å². The van der Waals surface area contributed by atoms with E-state index in [1.165, 1.54) is 11.8 Å². The molecule has 1 aromatic carbocycles. The minimum atomic E-state index is -0.237. The molecule has 0 unspecified atom stereocenters. The number of benzene rings is 1. The third-order valence-electron chi connectivity index (χ3n) is 2.78. The van der Waals surface area contributed by atoms with Crippen molar-refractivity contribution >= 4 is 28.6 Å². The third kappa shape index (κ3) is 8.08. The Bertz CT molecular complexity index is 510. The van der Waals surface area contributed by atoms with E-state index in [9.17, 15) is 9.59 Å². The standard InChI is InChI=1S/C17H26N2O2S/c1-5-6-10-22-16(21)18-14-9-7-8-13(11-14)12-15(20)19-17(2,3)4/h7-9,11H,5-6,10,12H2,1-4H3,(H,18,21)(H,19,20). The molecule has 2 amide bonds. The molecule has 122 valence electrons. The van der Waals surface area contributed by atoms with Crippen LogP contribution in [-0.2, 0) is 11.2 Å². The van der Waals surface area contributed by atoms with Crippen LogP contribution in [0.1, 0.15) is 46.1 Å². The number of hydrogen-bond donors (Lipinski definition) is 2. The maximum atomic E-state index is 11.9. The van der Waals surface area contributed by atoms with Gasteiger partial charge in [-0.25, -0.2) is 0 Å². The zero-order valence-corrected chi connectivity index (χ0v) is 14.7. The molecular formula is C17H26N2O2S. The summed E-state index contributed by atoms with van der Waals surface area (Å²) in [6, 6.07) is 7.43. The highest BCUT2D eigenvalue weighted by Gasteiger charge is 2.14. The van der Waals surface area contributed by atoms with Gasteiger partial charge in [0.05, 0.1) is 6.42 Å². The second-order valence-corrected chi connectivity index (χ2v) is 7.36. The van der Waals surface area contributed by atoms with Crippen molar-refractivity contribution in [2.45, 2.75) is 52.5 Å². The van der Waals surface area contributed by atoms with Crippen molar-refractivity contribution in [3.63, 3.8) is 0 Å². The predicted octanol–water partition coefficient (Wildman–Crippen LogP) is 4.21. The molecule has 0 aliphatic rings. The Morgan fingerprint density at radius 2 is 1.95 bits per heavy atom. The lowest BCUT2D eigenvalue weighted by Gasteiger charge is -2.20. The molecule has 22 heavy (non-hydrogen) atoms. The molecule has 0 saturated heterocycles. The van der Waals surface area contributed by atoms with Gasteiger partial charge in [-0.15, -0.1) is 0 Å². The van der Waals surface area contributed by atoms with E-state index in [0.29, 0.717) is 6.42 Å². The van der Waals surface area contributed by atoms with Gasteiger partial charge < -0.3 is 10.6 Å². The second kappa shape index (κ2) is 8.83. The summed E-state index contributed by atoms with van der Waals surface area (Å²) >= 11 is 1.29. The van der Waals surface area contributed by atoms with E-state index in [1.54, 1.807) is 0 Å². The zero-order chi connectivity index (χ0) is 16.6. The van der Waals surface area contributed by atoms with Crippen molar-refractivity contribution in [3.8, 4) is 0 Å². The topological polar surface area (TPSA) is 58.2 Å². The van der Waals surface area contributed by atoms with Gasteiger partial charge in [0.2, 0.25) is 5.91 Å². The maximum absolute atomic E-state index is 11.9. The number of nitrogens with one attached hydrogen (secondary N) is 2. The fraction of sp³-hybridized carbons (Fsp3) is 0.529. The first-order valence-corrected chi connectivity index (χ1v) is 8.62. The van der Waals surface area contributed by atoms with Crippen molar-refractivity contribution in [1.82, 2.24) is 5.32 Å². The minimum absolute atomic E-state index is 0.0201. The second-order valence-electron chi connectivity index (χ2n) is 6.29. The van der Waals surface area contributed by atoms with Gasteiger partial charge in [-0.05, 0) is 44.9 Å². The number of anilines is 1. The lowest BCUT2D eigenvalue weighted by molar-refractivity contribution is -0.121. The van der Waals surface area contributed by atoms with Crippen LogP contribution in [0.3, 0.4) is 0 Å². The van der Waals surface area contributed by atoms with E-state index in [-0.39, 0.29) is 16.7 Å². The third-order valence-corrected chi connectivity index (χ3v) is 3.64. The summed E-state index contributed by atoms with van der Waals surface area (Å²) in [5.74, 6) is 0.809. The first kappa shape index (κ1) is 18.6. The van der Waals surface area contributed by atoms with Gasteiger partial charge in [-0.3, -0.25) is 9.59 Å². The normalized spacial score (nSPS) is 11.1. The summed E-state index contributed by atoms with van der Waals surface area (Å²) in [6.07, 6.45) is 2.42. The first-order chi connectivity index (χ1) is 10.3. The average molecular weight is 322 g/mol. The van der Waals surface area contributed by atoms with E-state index in [0.717, 1.165) is 29.8 Å². The van der Waals surface area contributed by atoms with Crippen LogP contribution >= 0.6 is 11.8 Å². The van der Waals surface area contributed by atoms with Gasteiger partial charge in [0.25, 0.3) is 5.24 Å². The highest BCUT2D eigenvalue weighted by atomic mass is 32.2. The molecule has 0 bridgehead atoms. The summed E-state index contributed by atoms with van der Waals surface area (Å²) in [7, 11) is 0. The average Bonchev–Trinajstić information content (AvgIpc) is 2.36. The number of thioether (sulfide) groups is 1. The summed E-state index contributed by atoms with van der Waals surface area (Å²) < 4.78 is 0. The molecule has 0 aliphatic heterocycles. The lowest BCUT2D eigenvalue weighted by atomic mass is 10.1. The molecule has 4 nitrogen and oxygen atoms in total. The van der Waals surface area contributed by atoms with Crippen LogP contribution in [0.4, 0.5) is 10.5 Å². The number of unbranched alkanes of at least 4 members (excludes halogenated alkanes) is 1. The number of amides is 2. The van der Waals surface area contributed by atoms with Crippen LogP contribution < -0.4 is 10.6 Å². The first-order valence-electron chi connectivity index (χ1n) is 7.64. The largest absolute Gasteiger partial charge is 0.351 e. The van der Waals surface area contributed by atoms with Crippen molar-refractivity contribution < 1.29 is 9.59 Å². The van der Waals surface area contributed by atoms with Gasteiger partial charge in [0.15, 0.2) is 0 Å². The van der Waals surface area contributed by atoms with Crippen LogP contribution in [0.5, 0.6) is 0 Å². The molecule has 1 aromatic rings. The quantitative estimate of drug-likeness (QED) is 0.771. The Morgan fingerprint density at radius 3 is 2.59 bits per heavy atom. The lowest BCUT2D eigenvalue weighted by Crippen LogP contribution is -2.41. The molecule has 2 N–H and O–H groups in total. The van der Waals surface area contributed by atoms with Crippen LogP contribution in [0, 0.1) is 0 Å². The van der Waals surface area contributed by atoms with E-state index >= 15 is 0 Å². The number of hydrogen-bond acceptors (Lipinski definition) is 3. The molecule has 0 heterocycles. The molecule has 0 atom stereocenters. The van der Waals surface area contributed by atoms with Crippen molar-refractivity contribution in [3.05, 3.63) is 29.8 Å². The van der Waals surface area contributed by atoms with E-state index < -0.39 is 0 Å². The number of rotatable bonds is 6. The predicted molar refractivity (Wildman–Crippen MR) is 94.4 cm³/mol. The number of carbonyl (C=O) groups is 2. The molecule has 0 aliphatic carbocycles. The maximum Gasteiger partial charge on any atom is 0.283 e. The van der Waals surface area contributed by atoms with Gasteiger partial charge in [0, 0.05) is 17.0 Å². The molecular weight excluding hydrogens is 296 g/mol. The van der Waals surface area contributed by atoms with Crippen molar-refractivity contribution in [1.29, 1.82) is 0 Å². The molecule has 0 fully saturated rings. The smallest absolute Gasteiger partial charge is 0.283 e. The van der Waals surface area contributed by atoms with Gasteiger partial charge in [0.1, 0.15) is 0 Å². The Hall–Kier alpha value is -1.49. The fourth-order valence-corrected chi connectivity index (χ4v) is 2.68. The highest BCUT2D eigenvalue weighted by Crippen LogP contribution is 2.15. The Balaban J connectivity index is 2.55. The SMILES string of the molecule is CCCCSC(=O)Nc1cccc(CC(=O)NC(C)(C)C)c1. The fourth-order valence-electron chi connectivity index (χ4n) is 1.87. The van der Waals surface area contributed by atoms with Gasteiger partial charge >= 0.3 is 0 Å². The Kier molecular flexibility index (Phi) is 7.45. The molecule has 0 radical (unpaired) electrons. The Labute approximate surface area is 137 Å². The highest BCUT2D eigenvalue weighted by molar-refractivity contribution is 8.13. The van der Waals surface area contributed by atoms with Crippen LogP contribution in [-0.4, -0.2) is 22.4 Å². The van der Waals surface area contributed by atoms with E-state index in [1.807, 2.05) is 45.0 Å². The molecule has 0 saturated carbocycles. The monoisotopic (exact) mass is 322 g/mol. The molecule has 1 rings (SSSR count). The van der Waals surface area contributed by atoms with Gasteiger partial charge in [-0.1, -0.05) is 37.2 Å². The van der Waals surface area contributed by atoms with Crippen molar-refractivity contribution in [2.75, 3.05) is 11.1 Å². The zero-order valence-electron chi connectivity index (χ0n) is 13.9. The van der Waals surface area contributed by atoms with Crippen LogP contribution in [0.15, 0.2) is 24.3 Å². The minimum Gasteiger partial charge on any atom is -0.351 e. The number of carbonyl (C=O) groups excluding carboxylic acids is 2. The van der Waals surface area contributed by atoms with Gasteiger partial charge in [-0.2, -0.15) is 0 Å². The van der Waals surface area contributed by atoms with Crippen molar-refractivity contribution in [2.24, 2.45) is 0 Å². The summed E-state index contributed by atoms with van der Waals surface area (Å²) in [4.78, 5) is 23.7. The van der Waals surface area contributed by atoms with Crippen LogP contribution in [0.2, 0.25) is 0 Å².